The predicted molar refractivity (Wildman–Crippen MR) is 106 cm³/mol. The van der Waals surface area contributed by atoms with E-state index in [9.17, 15) is 4.79 Å². The molecule has 0 saturated heterocycles. The Bertz CT molecular complexity index is 592. The van der Waals surface area contributed by atoms with Crippen LogP contribution >= 0.6 is 0 Å². The fourth-order valence-electron chi connectivity index (χ4n) is 3.25. The van der Waals surface area contributed by atoms with Gasteiger partial charge < -0.3 is 0 Å². The van der Waals surface area contributed by atoms with Crippen molar-refractivity contribution >= 4 is 5.78 Å². The van der Waals surface area contributed by atoms with E-state index in [0.29, 0.717) is 6.42 Å². The molecule has 0 radical (unpaired) electrons. The van der Waals surface area contributed by atoms with Crippen LogP contribution in [-0.4, -0.2) is 5.78 Å². The van der Waals surface area contributed by atoms with Crippen LogP contribution in [0.3, 0.4) is 0 Å². The molecule has 0 aromatic rings. The largest absolute Gasteiger partial charge is 0.295 e. The smallest absolute Gasteiger partial charge is 0.155 e. The average Bonchev–Trinajstić information content (AvgIpc) is 2.46. The zero-order chi connectivity index (χ0) is 18.2. The minimum Gasteiger partial charge on any atom is -0.295 e. The lowest BCUT2D eigenvalue weighted by Crippen LogP contribution is -2.19. The fraction of sp³-hybridized carbons (Fsp3) is 0.522. The molecular weight excluding hydrogens is 292 g/mol. The molecule has 1 nitrogen and oxygen atoms in total. The molecule has 0 atom stereocenters. The summed E-state index contributed by atoms with van der Waals surface area (Å²) in [6.45, 7) is 13.1. The van der Waals surface area contributed by atoms with Crippen molar-refractivity contribution in [3.8, 4) is 0 Å². The van der Waals surface area contributed by atoms with Crippen molar-refractivity contribution < 1.29 is 4.79 Å². The van der Waals surface area contributed by atoms with Gasteiger partial charge in [-0.15, -0.1) is 0 Å². The topological polar surface area (TPSA) is 17.1 Å². The summed E-state index contributed by atoms with van der Waals surface area (Å²) >= 11 is 0. The molecule has 1 heteroatoms. The minimum absolute atomic E-state index is 0.210. The predicted octanol–water partition coefficient (Wildman–Crippen LogP) is 6.89. The van der Waals surface area contributed by atoms with Gasteiger partial charge in [0.2, 0.25) is 0 Å². The first kappa shape index (κ1) is 20.4. The molecule has 0 aromatic carbocycles. The Labute approximate surface area is 148 Å². The highest BCUT2D eigenvalue weighted by Gasteiger charge is 2.26. The molecule has 1 aliphatic carbocycles. The van der Waals surface area contributed by atoms with E-state index in [1.807, 2.05) is 26.0 Å². The summed E-state index contributed by atoms with van der Waals surface area (Å²) in [6, 6.07) is 0. The normalized spacial score (nSPS) is 19.6. The summed E-state index contributed by atoms with van der Waals surface area (Å²) in [5.41, 5.74) is 5.54. The first-order chi connectivity index (χ1) is 11.3. The number of carbonyl (C=O) groups is 1. The fourth-order valence-corrected chi connectivity index (χ4v) is 3.25. The van der Waals surface area contributed by atoms with Gasteiger partial charge in [0.25, 0.3) is 0 Å². The quantitative estimate of drug-likeness (QED) is 0.368. The highest BCUT2D eigenvalue weighted by Crippen LogP contribution is 2.40. The van der Waals surface area contributed by atoms with Gasteiger partial charge in [-0.25, -0.2) is 0 Å². The van der Waals surface area contributed by atoms with Gasteiger partial charge in [-0.3, -0.25) is 4.79 Å². The summed E-state index contributed by atoms with van der Waals surface area (Å²) < 4.78 is 0. The van der Waals surface area contributed by atoms with Gasteiger partial charge in [0.05, 0.1) is 0 Å². The third-order valence-electron chi connectivity index (χ3n) is 4.66. The maximum Gasteiger partial charge on any atom is 0.155 e. The molecular formula is C23H34O. The number of rotatable bonds is 7. The molecule has 24 heavy (non-hydrogen) atoms. The molecule has 0 aromatic heterocycles. The van der Waals surface area contributed by atoms with Crippen LogP contribution in [0.2, 0.25) is 0 Å². The van der Waals surface area contributed by atoms with Crippen LogP contribution in [0, 0.1) is 5.41 Å². The second kappa shape index (κ2) is 9.61. The lowest BCUT2D eigenvalue weighted by Gasteiger charge is -2.32. The van der Waals surface area contributed by atoms with Gasteiger partial charge in [0, 0.05) is 6.42 Å². The van der Waals surface area contributed by atoms with Crippen LogP contribution < -0.4 is 0 Å². The summed E-state index contributed by atoms with van der Waals surface area (Å²) in [7, 11) is 0. The van der Waals surface area contributed by atoms with Gasteiger partial charge in [-0.1, -0.05) is 62.3 Å². The van der Waals surface area contributed by atoms with E-state index < -0.39 is 0 Å². The van der Waals surface area contributed by atoms with E-state index in [1.165, 1.54) is 36.0 Å². The molecule has 0 bridgehead atoms. The van der Waals surface area contributed by atoms with Crippen molar-refractivity contribution in [2.45, 2.75) is 73.6 Å². The third kappa shape index (κ3) is 6.86. The van der Waals surface area contributed by atoms with Crippen molar-refractivity contribution in [2.24, 2.45) is 5.41 Å². The monoisotopic (exact) mass is 326 g/mol. The lowest BCUT2D eigenvalue weighted by atomic mass is 9.72. The maximum atomic E-state index is 11.6. The summed E-state index contributed by atoms with van der Waals surface area (Å²) in [6.07, 6.45) is 17.7. The van der Waals surface area contributed by atoms with E-state index in [2.05, 4.69) is 45.9 Å². The number of hydrogen-bond donors (Lipinski definition) is 0. The van der Waals surface area contributed by atoms with Gasteiger partial charge in [-0.05, 0) is 69.1 Å². The zero-order valence-electron chi connectivity index (χ0n) is 16.4. The molecule has 0 spiro atoms. The molecule has 1 rings (SSSR count). The minimum atomic E-state index is 0.210. The highest BCUT2D eigenvalue weighted by atomic mass is 16.1. The van der Waals surface area contributed by atoms with E-state index >= 15 is 0 Å². The summed E-state index contributed by atoms with van der Waals surface area (Å²) in [5.74, 6) is 0.210. The Morgan fingerprint density at radius 3 is 2.50 bits per heavy atom. The van der Waals surface area contributed by atoms with Gasteiger partial charge in [0.15, 0.2) is 5.78 Å². The number of hydrogen-bond acceptors (Lipinski definition) is 1. The van der Waals surface area contributed by atoms with E-state index in [4.69, 9.17) is 0 Å². The second-order valence-electron chi connectivity index (χ2n) is 7.64. The average molecular weight is 327 g/mol. The van der Waals surface area contributed by atoms with E-state index in [1.54, 1.807) is 6.08 Å². The molecule has 0 fully saturated rings. The zero-order valence-corrected chi connectivity index (χ0v) is 16.4. The lowest BCUT2D eigenvalue weighted by molar-refractivity contribution is -0.114. The Morgan fingerprint density at radius 2 is 1.88 bits per heavy atom. The number of carbonyl (C=O) groups excluding carboxylic acids is 1. The Kier molecular flexibility index (Phi) is 8.18. The summed E-state index contributed by atoms with van der Waals surface area (Å²) in [4.78, 5) is 11.6. The van der Waals surface area contributed by atoms with E-state index in [-0.39, 0.29) is 11.2 Å². The first-order valence-corrected chi connectivity index (χ1v) is 9.20. The van der Waals surface area contributed by atoms with Crippen LogP contribution in [0.5, 0.6) is 0 Å². The van der Waals surface area contributed by atoms with Crippen LogP contribution in [0.25, 0.3) is 0 Å². The summed E-state index contributed by atoms with van der Waals surface area (Å²) in [5, 5.41) is 0. The molecule has 0 saturated carbocycles. The standard InChI is InChI=1S/C23H34O/c1-7-10-21(24)17-19(3)12-8-11-18(2)14-15-22-20(4)13-9-16-23(22,5)6/h8,11-12,14-15,17H,7,9-10,13,16H2,1-6H3/b12-8+,15-14+,18-11+,19-17+. The van der Waals surface area contributed by atoms with Crippen molar-refractivity contribution in [1.82, 2.24) is 0 Å². The Balaban J connectivity index is 2.73. The Hall–Kier alpha value is -1.63. The molecule has 0 amide bonds. The highest BCUT2D eigenvalue weighted by molar-refractivity contribution is 5.90. The molecule has 0 N–H and O–H groups in total. The molecule has 132 valence electrons. The third-order valence-corrected chi connectivity index (χ3v) is 4.66. The van der Waals surface area contributed by atoms with Crippen molar-refractivity contribution in [3.63, 3.8) is 0 Å². The van der Waals surface area contributed by atoms with Crippen molar-refractivity contribution in [1.29, 1.82) is 0 Å². The molecule has 0 unspecified atom stereocenters. The van der Waals surface area contributed by atoms with Gasteiger partial charge in [0.1, 0.15) is 0 Å². The van der Waals surface area contributed by atoms with Crippen LogP contribution in [0.1, 0.15) is 73.6 Å². The molecule has 1 aliphatic rings. The number of allylic oxidation sites excluding steroid dienone is 10. The first-order valence-electron chi connectivity index (χ1n) is 9.20. The van der Waals surface area contributed by atoms with Crippen molar-refractivity contribution in [3.05, 3.63) is 58.7 Å². The Morgan fingerprint density at radius 1 is 1.17 bits per heavy atom. The molecule has 0 heterocycles. The molecule has 0 aliphatic heterocycles. The van der Waals surface area contributed by atoms with Crippen LogP contribution in [0.15, 0.2) is 58.7 Å². The van der Waals surface area contributed by atoms with Gasteiger partial charge in [-0.2, -0.15) is 0 Å². The second-order valence-corrected chi connectivity index (χ2v) is 7.64. The maximum absolute atomic E-state index is 11.6. The SMILES string of the molecule is CCCC(=O)/C=C(C)/C=C/C=C(C)/C=C/C1=C(C)CCCC1(C)C. The van der Waals surface area contributed by atoms with Crippen LogP contribution in [0.4, 0.5) is 0 Å². The van der Waals surface area contributed by atoms with E-state index in [0.717, 1.165) is 12.0 Å². The number of ketones is 1. The van der Waals surface area contributed by atoms with Crippen molar-refractivity contribution in [2.75, 3.05) is 0 Å². The van der Waals surface area contributed by atoms with Gasteiger partial charge >= 0.3 is 0 Å². The van der Waals surface area contributed by atoms with Crippen LogP contribution in [-0.2, 0) is 4.79 Å².